The molecular formula is C20H15NO5. The van der Waals surface area contributed by atoms with Crippen molar-refractivity contribution >= 4 is 11.7 Å². The molecule has 1 aliphatic heterocycles. The smallest absolute Gasteiger partial charge is 0.335 e. The normalized spacial score (nSPS) is 16.6. The highest BCUT2D eigenvalue weighted by Gasteiger charge is 2.29. The maximum absolute atomic E-state index is 11.1. The summed E-state index contributed by atoms with van der Waals surface area (Å²) in [6.07, 6.45) is -0.742. The van der Waals surface area contributed by atoms with Crippen molar-refractivity contribution in [3.8, 4) is 11.1 Å². The van der Waals surface area contributed by atoms with E-state index >= 15 is 0 Å². The van der Waals surface area contributed by atoms with Gasteiger partial charge in [-0.15, -0.1) is 0 Å². The Balaban J connectivity index is 1.49. The lowest BCUT2D eigenvalue weighted by atomic mass is 10.0. The molecule has 0 aromatic heterocycles. The third-order valence-electron chi connectivity index (χ3n) is 3.98. The molecule has 6 heteroatoms. The summed E-state index contributed by atoms with van der Waals surface area (Å²) in [5.74, 6) is -1.03. The molecule has 0 saturated carbocycles. The van der Waals surface area contributed by atoms with E-state index in [1.807, 2.05) is 54.6 Å². The summed E-state index contributed by atoms with van der Waals surface area (Å²) >= 11 is 0. The van der Waals surface area contributed by atoms with Crippen LogP contribution in [0.25, 0.3) is 11.1 Å². The summed E-state index contributed by atoms with van der Waals surface area (Å²) in [5.41, 5.74) is 3.54. The molecule has 1 fully saturated rings. The van der Waals surface area contributed by atoms with Crippen LogP contribution in [0.3, 0.4) is 0 Å². The van der Waals surface area contributed by atoms with Crippen LogP contribution in [0.5, 0.6) is 0 Å². The largest absolute Gasteiger partial charge is 0.478 e. The predicted molar refractivity (Wildman–Crippen MR) is 93.8 cm³/mol. The lowest BCUT2D eigenvalue weighted by molar-refractivity contribution is -0.286. The summed E-state index contributed by atoms with van der Waals surface area (Å²) in [6.45, 7) is 0. The maximum atomic E-state index is 11.1. The van der Waals surface area contributed by atoms with Crippen molar-refractivity contribution in [3.05, 3.63) is 90.0 Å². The molecule has 0 amide bonds. The minimum absolute atomic E-state index is 0.130. The van der Waals surface area contributed by atoms with Crippen LogP contribution in [0.2, 0.25) is 0 Å². The van der Waals surface area contributed by atoms with Crippen molar-refractivity contribution in [2.45, 2.75) is 6.29 Å². The highest BCUT2D eigenvalue weighted by atomic mass is 17.4. The van der Waals surface area contributed by atoms with Crippen molar-refractivity contribution in [1.82, 2.24) is 0 Å². The minimum atomic E-state index is -1.03. The number of aromatic carboxylic acids is 1. The first-order valence-corrected chi connectivity index (χ1v) is 8.00. The van der Waals surface area contributed by atoms with Crippen LogP contribution < -0.4 is 5.23 Å². The first-order chi connectivity index (χ1) is 12.7. The van der Waals surface area contributed by atoms with Crippen LogP contribution in [0.15, 0.2) is 78.9 Å². The summed E-state index contributed by atoms with van der Waals surface area (Å²) < 4.78 is 0. The third kappa shape index (κ3) is 3.29. The molecule has 4 rings (SSSR count). The molecule has 6 nitrogen and oxygen atoms in total. The highest BCUT2D eigenvalue weighted by Crippen LogP contribution is 2.32. The van der Waals surface area contributed by atoms with E-state index in [0.29, 0.717) is 5.69 Å². The van der Waals surface area contributed by atoms with Crippen molar-refractivity contribution < 1.29 is 24.6 Å². The van der Waals surface area contributed by atoms with Gasteiger partial charge in [0.1, 0.15) is 0 Å². The Labute approximate surface area is 149 Å². The summed E-state index contributed by atoms with van der Waals surface area (Å²) in [5, 5.41) is 10.1. The number of anilines is 1. The first-order valence-electron chi connectivity index (χ1n) is 8.00. The van der Waals surface area contributed by atoms with Gasteiger partial charge in [0.15, 0.2) is 0 Å². The minimum Gasteiger partial charge on any atom is -0.478 e. The Morgan fingerprint density at radius 1 is 0.885 bits per heavy atom. The van der Waals surface area contributed by atoms with E-state index < -0.39 is 12.3 Å². The highest BCUT2D eigenvalue weighted by molar-refractivity contribution is 5.88. The van der Waals surface area contributed by atoms with E-state index in [-0.39, 0.29) is 5.56 Å². The van der Waals surface area contributed by atoms with Crippen LogP contribution in [0.4, 0.5) is 5.69 Å². The zero-order chi connectivity index (χ0) is 17.9. The molecule has 0 spiro atoms. The number of benzene rings is 3. The predicted octanol–water partition coefficient (Wildman–Crippen LogP) is 4.37. The van der Waals surface area contributed by atoms with Crippen molar-refractivity contribution in [2.75, 3.05) is 5.23 Å². The zero-order valence-corrected chi connectivity index (χ0v) is 13.6. The number of nitrogens with zero attached hydrogens (tertiary/aromatic N) is 1. The third-order valence-corrected chi connectivity index (χ3v) is 3.98. The fourth-order valence-corrected chi connectivity index (χ4v) is 2.64. The van der Waals surface area contributed by atoms with E-state index in [1.54, 1.807) is 12.1 Å². The molecule has 0 bridgehead atoms. The molecule has 1 N–H and O–H groups in total. The van der Waals surface area contributed by atoms with Crippen LogP contribution in [-0.4, -0.2) is 11.1 Å². The summed E-state index contributed by atoms with van der Waals surface area (Å²) in [4.78, 5) is 27.0. The molecule has 0 aliphatic carbocycles. The maximum Gasteiger partial charge on any atom is 0.335 e. The molecule has 1 heterocycles. The van der Waals surface area contributed by atoms with Gasteiger partial charge in [0.05, 0.1) is 11.3 Å². The van der Waals surface area contributed by atoms with Crippen LogP contribution in [-0.2, 0) is 14.7 Å². The second-order valence-corrected chi connectivity index (χ2v) is 5.71. The van der Waals surface area contributed by atoms with Crippen molar-refractivity contribution in [3.63, 3.8) is 0 Å². The Morgan fingerprint density at radius 2 is 1.62 bits per heavy atom. The molecule has 130 valence electrons. The number of carboxylic acid groups (broad SMARTS) is 1. The summed E-state index contributed by atoms with van der Waals surface area (Å²) in [6, 6.07) is 24.0. The number of hydrogen-bond donors (Lipinski definition) is 1. The lowest BCUT2D eigenvalue weighted by Crippen LogP contribution is -2.15. The van der Waals surface area contributed by atoms with E-state index in [0.717, 1.165) is 21.9 Å². The number of hydrogen-bond acceptors (Lipinski definition) is 5. The van der Waals surface area contributed by atoms with E-state index in [4.69, 9.17) is 19.8 Å². The van der Waals surface area contributed by atoms with Gasteiger partial charge in [-0.25, -0.2) is 9.63 Å². The van der Waals surface area contributed by atoms with Crippen LogP contribution in [0.1, 0.15) is 22.2 Å². The Morgan fingerprint density at radius 3 is 2.35 bits per heavy atom. The van der Waals surface area contributed by atoms with Gasteiger partial charge in [0.2, 0.25) is 6.29 Å². The molecule has 26 heavy (non-hydrogen) atoms. The Kier molecular flexibility index (Phi) is 4.37. The first kappa shape index (κ1) is 16.3. The fraction of sp³-hybridized carbons (Fsp3) is 0.0500. The van der Waals surface area contributed by atoms with Gasteiger partial charge in [-0.2, -0.15) is 4.89 Å². The molecule has 3 aromatic rings. The number of rotatable bonds is 4. The molecule has 1 aliphatic rings. The van der Waals surface area contributed by atoms with Crippen molar-refractivity contribution in [2.24, 2.45) is 0 Å². The molecule has 0 radical (unpaired) electrons. The van der Waals surface area contributed by atoms with Gasteiger partial charge < -0.3 is 5.11 Å². The standard InChI is InChI=1S/C20H15NO5/c22-19(23)17-7-4-8-18(13-17)21-24-20(25-26-21)16-11-9-15(10-12-16)14-5-2-1-3-6-14/h1-13,20H,(H,22,23). The second kappa shape index (κ2) is 6.97. The molecule has 3 aromatic carbocycles. The Hall–Kier alpha value is -3.19. The van der Waals surface area contributed by atoms with Gasteiger partial charge >= 0.3 is 5.97 Å². The van der Waals surface area contributed by atoms with Gasteiger partial charge in [0, 0.05) is 5.56 Å². The average molecular weight is 349 g/mol. The van der Waals surface area contributed by atoms with Crippen LogP contribution >= 0.6 is 0 Å². The van der Waals surface area contributed by atoms with E-state index in [2.05, 4.69) is 0 Å². The SMILES string of the molecule is O=C(O)c1cccc(N2OOC(c3ccc(-c4ccccc4)cc3)O2)c1. The monoisotopic (exact) mass is 349 g/mol. The molecule has 1 saturated heterocycles. The summed E-state index contributed by atoms with van der Waals surface area (Å²) in [7, 11) is 0. The van der Waals surface area contributed by atoms with Gasteiger partial charge in [-0.05, 0) is 29.3 Å². The van der Waals surface area contributed by atoms with Crippen molar-refractivity contribution in [1.29, 1.82) is 0 Å². The van der Waals surface area contributed by atoms with Gasteiger partial charge in [-0.3, -0.25) is 0 Å². The quantitative estimate of drug-likeness (QED) is 0.706. The second-order valence-electron chi connectivity index (χ2n) is 5.71. The Bertz CT molecular complexity index is 911. The van der Waals surface area contributed by atoms with E-state index in [1.165, 1.54) is 12.1 Å². The molecule has 1 unspecified atom stereocenters. The zero-order valence-electron chi connectivity index (χ0n) is 13.6. The average Bonchev–Trinajstić information content (AvgIpc) is 3.19. The molecule has 1 atom stereocenters. The van der Waals surface area contributed by atoms with E-state index in [9.17, 15) is 4.79 Å². The number of carboxylic acids is 1. The van der Waals surface area contributed by atoms with Gasteiger partial charge in [0.25, 0.3) is 0 Å². The fourth-order valence-electron chi connectivity index (χ4n) is 2.64. The molecular weight excluding hydrogens is 334 g/mol. The topological polar surface area (TPSA) is 68.2 Å². The lowest BCUT2D eigenvalue weighted by Gasteiger charge is -2.12. The van der Waals surface area contributed by atoms with Crippen LogP contribution in [0, 0.1) is 0 Å². The number of carbonyl (C=O) groups is 1. The van der Waals surface area contributed by atoms with Gasteiger partial charge in [-0.1, -0.05) is 70.9 Å².